The summed E-state index contributed by atoms with van der Waals surface area (Å²) in [5.74, 6) is 0.614. The first-order valence-electron chi connectivity index (χ1n) is 7.73. The van der Waals surface area contributed by atoms with Crippen molar-refractivity contribution in [2.45, 2.75) is 12.7 Å². The maximum Gasteiger partial charge on any atom is 0.414 e. The lowest BCUT2D eigenvalue weighted by atomic mass is 10.2. The predicted molar refractivity (Wildman–Crippen MR) is 98.9 cm³/mol. The van der Waals surface area contributed by atoms with Crippen LogP contribution < -0.4 is 9.64 Å². The van der Waals surface area contributed by atoms with Crippen molar-refractivity contribution >= 4 is 35.0 Å². The zero-order chi connectivity index (χ0) is 18.5. The highest BCUT2D eigenvalue weighted by Crippen LogP contribution is 2.28. The van der Waals surface area contributed by atoms with Crippen molar-refractivity contribution in [1.29, 1.82) is 0 Å². The minimum absolute atomic E-state index is 0.110. The summed E-state index contributed by atoms with van der Waals surface area (Å²) in [4.78, 5) is 16.1. The third-order valence-electron chi connectivity index (χ3n) is 3.82. The fourth-order valence-corrected chi connectivity index (χ4v) is 3.01. The molecule has 134 valence electrons. The van der Waals surface area contributed by atoms with Gasteiger partial charge in [0.05, 0.1) is 13.1 Å². The molecule has 2 aromatic rings. The summed E-state index contributed by atoms with van der Waals surface area (Å²) in [6, 6.07) is 12.3. The van der Waals surface area contributed by atoms with Gasteiger partial charge in [0.15, 0.2) is 0 Å². The van der Waals surface area contributed by atoms with Gasteiger partial charge in [0, 0.05) is 26.2 Å². The molecule has 0 spiro atoms. The summed E-state index contributed by atoms with van der Waals surface area (Å²) in [6.45, 7) is 0.670. The number of nitrogens with zero attached hydrogens (tertiary/aromatic N) is 4. The predicted octanol–water partition coefficient (Wildman–Crippen LogP) is 5.21. The zero-order valence-electron chi connectivity index (χ0n) is 13.5. The van der Waals surface area contributed by atoms with E-state index < -0.39 is 12.2 Å². The average molecular weight is 393 g/mol. The second-order valence-corrected chi connectivity index (χ2v) is 6.33. The van der Waals surface area contributed by atoms with Gasteiger partial charge >= 0.3 is 6.09 Å². The van der Waals surface area contributed by atoms with Crippen LogP contribution in [0.2, 0.25) is 10.0 Å². The number of hydrogen-bond donors (Lipinski definition) is 0. The number of carbonyl (C=O) groups is 1. The number of azide groups is 1. The summed E-state index contributed by atoms with van der Waals surface area (Å²) < 4.78 is 10.9. The monoisotopic (exact) mass is 392 g/mol. The van der Waals surface area contributed by atoms with Gasteiger partial charge in [0.2, 0.25) is 0 Å². The quantitative estimate of drug-likeness (QED) is 0.384. The number of hydrogen-bond acceptors (Lipinski definition) is 4. The standard InChI is InChI=1S/C17H14Cl2N4O3/c18-15-2-1-3-16(19)14(15)10-25-12-6-4-11(5-7-12)23-9-13(8-21-22-20)26-17(23)24/h1-7,13H,8-10H2. The van der Waals surface area contributed by atoms with Gasteiger partial charge in [-0.3, -0.25) is 4.90 Å². The second-order valence-electron chi connectivity index (χ2n) is 5.51. The number of halogens is 2. The first kappa shape index (κ1) is 18.2. The minimum atomic E-state index is -0.473. The first-order chi connectivity index (χ1) is 12.6. The average Bonchev–Trinajstić information content (AvgIpc) is 3.01. The summed E-state index contributed by atoms with van der Waals surface area (Å²) in [7, 11) is 0. The van der Waals surface area contributed by atoms with E-state index in [1.54, 1.807) is 42.5 Å². The number of benzene rings is 2. The number of rotatable bonds is 6. The molecule has 1 amide bonds. The van der Waals surface area contributed by atoms with E-state index in [0.717, 1.165) is 0 Å². The van der Waals surface area contributed by atoms with Crippen LogP contribution in [0.5, 0.6) is 5.75 Å². The molecule has 1 saturated heterocycles. The Labute approximate surface area is 159 Å². The molecule has 7 nitrogen and oxygen atoms in total. The minimum Gasteiger partial charge on any atom is -0.489 e. The molecule has 0 saturated carbocycles. The van der Waals surface area contributed by atoms with Crippen LogP contribution in [0, 0.1) is 0 Å². The van der Waals surface area contributed by atoms with Gasteiger partial charge in [0.1, 0.15) is 18.5 Å². The van der Waals surface area contributed by atoms with Gasteiger partial charge < -0.3 is 9.47 Å². The molecule has 0 aliphatic carbocycles. The van der Waals surface area contributed by atoms with E-state index in [9.17, 15) is 4.79 Å². The smallest absolute Gasteiger partial charge is 0.414 e. The van der Waals surface area contributed by atoms with Crippen LogP contribution in [0.3, 0.4) is 0 Å². The highest BCUT2D eigenvalue weighted by molar-refractivity contribution is 6.35. The molecule has 1 aliphatic heterocycles. The van der Waals surface area contributed by atoms with Crippen LogP contribution in [-0.4, -0.2) is 25.3 Å². The largest absolute Gasteiger partial charge is 0.489 e. The molecule has 2 aromatic carbocycles. The van der Waals surface area contributed by atoms with Crippen LogP contribution >= 0.6 is 23.2 Å². The van der Waals surface area contributed by atoms with Crippen molar-refractivity contribution < 1.29 is 14.3 Å². The molecular formula is C17H14Cl2N4O3. The van der Waals surface area contributed by atoms with Gasteiger partial charge in [-0.25, -0.2) is 4.79 Å². The molecule has 1 unspecified atom stereocenters. The fourth-order valence-electron chi connectivity index (χ4n) is 2.50. The van der Waals surface area contributed by atoms with Crippen molar-refractivity contribution in [2.24, 2.45) is 5.11 Å². The van der Waals surface area contributed by atoms with Crippen molar-refractivity contribution in [2.75, 3.05) is 18.0 Å². The Morgan fingerprint density at radius 3 is 2.58 bits per heavy atom. The molecule has 0 radical (unpaired) electrons. The van der Waals surface area contributed by atoms with Crippen LogP contribution in [0.15, 0.2) is 47.6 Å². The number of amides is 1. The number of carbonyl (C=O) groups excluding carboxylic acids is 1. The van der Waals surface area contributed by atoms with Crippen LogP contribution in [0.1, 0.15) is 5.56 Å². The van der Waals surface area contributed by atoms with E-state index in [4.69, 9.17) is 38.2 Å². The molecule has 0 aromatic heterocycles. The van der Waals surface area contributed by atoms with Crippen LogP contribution in [-0.2, 0) is 11.3 Å². The van der Waals surface area contributed by atoms with E-state index >= 15 is 0 Å². The normalized spacial score (nSPS) is 16.2. The van der Waals surface area contributed by atoms with Crippen molar-refractivity contribution in [3.05, 3.63) is 68.5 Å². The Bertz CT molecular complexity index is 833. The molecule has 1 heterocycles. The molecule has 3 rings (SSSR count). The zero-order valence-corrected chi connectivity index (χ0v) is 15.0. The second kappa shape index (κ2) is 8.19. The lowest BCUT2D eigenvalue weighted by molar-refractivity contribution is 0.145. The molecule has 9 heteroatoms. The molecule has 0 bridgehead atoms. The summed E-state index contributed by atoms with van der Waals surface area (Å²) in [6.07, 6.45) is -0.920. The molecular weight excluding hydrogens is 379 g/mol. The van der Waals surface area contributed by atoms with E-state index in [2.05, 4.69) is 10.0 Å². The Balaban J connectivity index is 1.63. The maximum atomic E-state index is 11.9. The van der Waals surface area contributed by atoms with E-state index in [0.29, 0.717) is 33.6 Å². The van der Waals surface area contributed by atoms with Gasteiger partial charge in [0.25, 0.3) is 0 Å². The Morgan fingerprint density at radius 2 is 1.92 bits per heavy atom. The molecule has 0 N–H and O–H groups in total. The number of ether oxygens (including phenoxy) is 2. The third-order valence-corrected chi connectivity index (χ3v) is 4.52. The lowest BCUT2D eigenvalue weighted by Gasteiger charge is -2.14. The number of cyclic esters (lactones) is 1. The highest BCUT2D eigenvalue weighted by atomic mass is 35.5. The van der Waals surface area contributed by atoms with Crippen molar-refractivity contribution in [3.63, 3.8) is 0 Å². The Hall–Kier alpha value is -2.60. The topological polar surface area (TPSA) is 87.5 Å². The fraction of sp³-hybridized carbons (Fsp3) is 0.235. The van der Waals surface area contributed by atoms with Gasteiger partial charge in [-0.15, -0.1) is 0 Å². The van der Waals surface area contributed by atoms with Crippen LogP contribution in [0.4, 0.5) is 10.5 Å². The summed E-state index contributed by atoms with van der Waals surface area (Å²) in [5.41, 5.74) is 9.73. The van der Waals surface area contributed by atoms with Gasteiger partial charge in [-0.2, -0.15) is 0 Å². The van der Waals surface area contributed by atoms with Gasteiger partial charge in [-0.1, -0.05) is 34.4 Å². The van der Waals surface area contributed by atoms with E-state index in [1.807, 2.05) is 0 Å². The Kier molecular flexibility index (Phi) is 5.73. The maximum absolute atomic E-state index is 11.9. The molecule has 26 heavy (non-hydrogen) atoms. The van der Waals surface area contributed by atoms with Crippen molar-refractivity contribution in [1.82, 2.24) is 0 Å². The van der Waals surface area contributed by atoms with E-state index in [1.165, 1.54) is 4.90 Å². The molecule has 1 fully saturated rings. The lowest BCUT2D eigenvalue weighted by Crippen LogP contribution is -2.24. The third kappa shape index (κ3) is 4.14. The molecule has 1 atom stereocenters. The Morgan fingerprint density at radius 1 is 1.23 bits per heavy atom. The van der Waals surface area contributed by atoms with Gasteiger partial charge in [-0.05, 0) is 41.9 Å². The molecule has 1 aliphatic rings. The summed E-state index contributed by atoms with van der Waals surface area (Å²) in [5, 5.41) is 4.52. The van der Waals surface area contributed by atoms with E-state index in [-0.39, 0.29) is 13.2 Å². The highest BCUT2D eigenvalue weighted by Gasteiger charge is 2.31. The van der Waals surface area contributed by atoms with Crippen LogP contribution in [0.25, 0.3) is 10.4 Å². The first-order valence-corrected chi connectivity index (χ1v) is 8.49. The SMILES string of the molecule is [N-]=[N+]=NCC1CN(c2ccc(OCc3c(Cl)cccc3Cl)cc2)C(=O)O1. The summed E-state index contributed by atoms with van der Waals surface area (Å²) >= 11 is 12.2. The van der Waals surface area contributed by atoms with Crippen molar-refractivity contribution in [3.8, 4) is 5.75 Å². The number of anilines is 1.